The van der Waals surface area contributed by atoms with Crippen molar-refractivity contribution in [2.45, 2.75) is 6.61 Å². The van der Waals surface area contributed by atoms with Crippen LogP contribution in [-0.2, 0) is 11.3 Å². The third-order valence-electron chi connectivity index (χ3n) is 2.65. The maximum absolute atomic E-state index is 11.8. The predicted molar refractivity (Wildman–Crippen MR) is 69.2 cm³/mol. The molecule has 3 aromatic rings. The van der Waals surface area contributed by atoms with Gasteiger partial charge in [-0.1, -0.05) is 12.1 Å². The summed E-state index contributed by atoms with van der Waals surface area (Å²) in [7, 11) is 0. The van der Waals surface area contributed by atoms with Gasteiger partial charge in [0.1, 0.15) is 11.3 Å². The zero-order chi connectivity index (χ0) is 14.7. The average molecular weight is 286 g/mol. The number of carbonyl (C=O) groups excluding carboxylic acids is 1. The van der Waals surface area contributed by atoms with Crippen molar-refractivity contribution < 1.29 is 23.5 Å². The van der Waals surface area contributed by atoms with Crippen molar-refractivity contribution in [2.24, 2.45) is 0 Å². The average Bonchev–Trinajstić information content (AvgIpc) is 3.16. The maximum Gasteiger partial charge on any atom is 0.342 e. The number of esters is 1. The van der Waals surface area contributed by atoms with Crippen molar-refractivity contribution in [2.75, 3.05) is 0 Å². The first-order valence-electron chi connectivity index (χ1n) is 6.05. The summed E-state index contributed by atoms with van der Waals surface area (Å²) < 4.78 is 15.4. The monoisotopic (exact) mass is 286 g/mol. The molecule has 0 atom stereocenters. The molecular weight excluding hydrogens is 276 g/mol. The summed E-state index contributed by atoms with van der Waals surface area (Å²) >= 11 is 0. The minimum Gasteiger partial charge on any atom is -0.507 e. The molecule has 1 N–H and O–H groups in total. The molecule has 0 spiro atoms. The Kier molecular flexibility index (Phi) is 3.38. The molecular formula is C14H10N2O5. The number of furan rings is 1. The van der Waals surface area contributed by atoms with Crippen LogP contribution in [0.15, 0.2) is 51.5 Å². The smallest absolute Gasteiger partial charge is 0.342 e. The molecule has 7 heteroatoms. The first kappa shape index (κ1) is 12.9. The van der Waals surface area contributed by atoms with Crippen LogP contribution in [-0.4, -0.2) is 21.3 Å². The van der Waals surface area contributed by atoms with E-state index in [2.05, 4.69) is 10.2 Å². The second-order valence-electron chi connectivity index (χ2n) is 4.07. The predicted octanol–water partition coefficient (Wildman–Crippen LogP) is 2.39. The maximum atomic E-state index is 11.8. The SMILES string of the molecule is O=C(OCc1nnc(-c2ccco2)o1)c1ccccc1O. The van der Waals surface area contributed by atoms with Crippen LogP contribution in [0.25, 0.3) is 11.7 Å². The van der Waals surface area contributed by atoms with E-state index in [1.807, 2.05) is 0 Å². The molecule has 0 unspecified atom stereocenters. The Morgan fingerprint density at radius 2 is 2.05 bits per heavy atom. The number of nitrogens with zero attached hydrogens (tertiary/aromatic N) is 2. The number of benzene rings is 1. The Morgan fingerprint density at radius 1 is 1.19 bits per heavy atom. The van der Waals surface area contributed by atoms with E-state index in [1.165, 1.54) is 18.4 Å². The molecule has 2 heterocycles. The lowest BCUT2D eigenvalue weighted by Gasteiger charge is -2.03. The second-order valence-corrected chi connectivity index (χ2v) is 4.07. The van der Waals surface area contributed by atoms with E-state index >= 15 is 0 Å². The summed E-state index contributed by atoms with van der Waals surface area (Å²) in [5, 5.41) is 17.1. The summed E-state index contributed by atoms with van der Waals surface area (Å²) in [5.41, 5.74) is 0.0725. The van der Waals surface area contributed by atoms with Crippen LogP contribution in [0, 0.1) is 0 Å². The van der Waals surface area contributed by atoms with Crippen molar-refractivity contribution in [3.05, 3.63) is 54.1 Å². The number of para-hydroxylation sites is 1. The number of phenols is 1. The lowest BCUT2D eigenvalue weighted by Crippen LogP contribution is -2.05. The Hall–Kier alpha value is -3.09. The van der Waals surface area contributed by atoms with Crippen LogP contribution >= 0.6 is 0 Å². The number of rotatable bonds is 4. The van der Waals surface area contributed by atoms with Crippen LogP contribution in [0.1, 0.15) is 16.2 Å². The highest BCUT2D eigenvalue weighted by atomic mass is 16.5. The molecule has 106 valence electrons. The number of phenolic OH excluding ortho intramolecular Hbond substituents is 1. The summed E-state index contributed by atoms with van der Waals surface area (Å²) in [5.74, 6) is -0.0605. The van der Waals surface area contributed by atoms with E-state index in [1.54, 1.807) is 24.3 Å². The van der Waals surface area contributed by atoms with Gasteiger partial charge < -0.3 is 18.7 Å². The van der Waals surface area contributed by atoms with Crippen LogP contribution < -0.4 is 0 Å². The van der Waals surface area contributed by atoms with Gasteiger partial charge in [-0.05, 0) is 24.3 Å². The van der Waals surface area contributed by atoms with Crippen molar-refractivity contribution in [3.63, 3.8) is 0 Å². The van der Waals surface area contributed by atoms with E-state index < -0.39 is 5.97 Å². The van der Waals surface area contributed by atoms with E-state index in [0.717, 1.165) is 0 Å². The van der Waals surface area contributed by atoms with E-state index in [9.17, 15) is 9.90 Å². The van der Waals surface area contributed by atoms with Gasteiger partial charge in [0.2, 0.25) is 0 Å². The minimum atomic E-state index is -0.675. The number of aromatic nitrogens is 2. The Morgan fingerprint density at radius 3 is 2.81 bits per heavy atom. The number of hydrogen-bond donors (Lipinski definition) is 1. The molecule has 3 rings (SSSR count). The molecule has 0 amide bonds. The highest BCUT2D eigenvalue weighted by Crippen LogP contribution is 2.19. The standard InChI is InChI=1S/C14H10N2O5/c17-10-5-2-1-4-9(10)14(18)20-8-12-15-16-13(21-12)11-6-3-7-19-11/h1-7,17H,8H2. The summed E-state index contributed by atoms with van der Waals surface area (Å²) in [4.78, 5) is 11.8. The third-order valence-corrected chi connectivity index (χ3v) is 2.65. The molecule has 0 aliphatic rings. The quantitative estimate of drug-likeness (QED) is 0.735. The highest BCUT2D eigenvalue weighted by Gasteiger charge is 2.15. The first-order chi connectivity index (χ1) is 10.2. The van der Waals surface area contributed by atoms with E-state index in [0.29, 0.717) is 5.76 Å². The fourth-order valence-corrected chi connectivity index (χ4v) is 1.66. The fraction of sp³-hybridized carbons (Fsp3) is 0.0714. The minimum absolute atomic E-state index is 0.0725. The van der Waals surface area contributed by atoms with Gasteiger partial charge in [0.25, 0.3) is 11.8 Å². The zero-order valence-corrected chi connectivity index (χ0v) is 10.7. The molecule has 7 nitrogen and oxygen atoms in total. The Balaban J connectivity index is 1.66. The van der Waals surface area contributed by atoms with Crippen molar-refractivity contribution in [1.82, 2.24) is 10.2 Å². The molecule has 0 aliphatic heterocycles. The van der Waals surface area contributed by atoms with Crippen molar-refractivity contribution in [1.29, 1.82) is 0 Å². The van der Waals surface area contributed by atoms with Gasteiger partial charge in [-0.15, -0.1) is 10.2 Å². The van der Waals surface area contributed by atoms with Gasteiger partial charge in [-0.2, -0.15) is 0 Å². The summed E-state index contributed by atoms with van der Waals surface area (Å²) in [6, 6.07) is 9.46. The normalized spacial score (nSPS) is 10.5. The summed E-state index contributed by atoms with van der Waals surface area (Å²) in [6.07, 6.45) is 1.48. The van der Waals surface area contributed by atoms with Crippen molar-refractivity contribution in [3.8, 4) is 17.4 Å². The first-order valence-corrected chi connectivity index (χ1v) is 6.05. The third kappa shape index (κ3) is 2.76. The molecule has 0 saturated heterocycles. The molecule has 21 heavy (non-hydrogen) atoms. The zero-order valence-electron chi connectivity index (χ0n) is 10.7. The fourth-order valence-electron chi connectivity index (χ4n) is 1.66. The second kappa shape index (κ2) is 5.49. The van der Waals surface area contributed by atoms with Gasteiger partial charge in [-0.25, -0.2) is 4.79 Å². The highest BCUT2D eigenvalue weighted by molar-refractivity contribution is 5.92. The van der Waals surface area contributed by atoms with Gasteiger partial charge in [0.15, 0.2) is 12.4 Å². The van der Waals surface area contributed by atoms with Gasteiger partial charge >= 0.3 is 5.97 Å². The molecule has 0 radical (unpaired) electrons. The number of ether oxygens (including phenoxy) is 1. The molecule has 2 aromatic heterocycles. The Bertz CT molecular complexity index is 748. The molecule has 1 aromatic carbocycles. The Labute approximate surface area is 118 Å². The summed E-state index contributed by atoms with van der Waals surface area (Å²) in [6.45, 7) is -0.194. The van der Waals surface area contributed by atoms with Crippen LogP contribution in [0.4, 0.5) is 0 Å². The molecule has 0 aliphatic carbocycles. The van der Waals surface area contributed by atoms with Gasteiger partial charge in [-0.3, -0.25) is 0 Å². The van der Waals surface area contributed by atoms with Gasteiger partial charge in [0, 0.05) is 0 Å². The molecule has 0 fully saturated rings. The topological polar surface area (TPSA) is 98.6 Å². The van der Waals surface area contributed by atoms with E-state index in [4.69, 9.17) is 13.6 Å². The lowest BCUT2D eigenvalue weighted by molar-refractivity contribution is 0.0435. The van der Waals surface area contributed by atoms with Crippen molar-refractivity contribution >= 4 is 5.97 Å². The molecule has 0 bridgehead atoms. The van der Waals surface area contributed by atoms with Crippen LogP contribution in [0.5, 0.6) is 5.75 Å². The number of hydrogen-bond acceptors (Lipinski definition) is 7. The van der Waals surface area contributed by atoms with Crippen LogP contribution in [0.2, 0.25) is 0 Å². The number of carbonyl (C=O) groups is 1. The molecule has 0 saturated carbocycles. The number of aromatic hydroxyl groups is 1. The lowest BCUT2D eigenvalue weighted by atomic mass is 10.2. The van der Waals surface area contributed by atoms with Gasteiger partial charge in [0.05, 0.1) is 6.26 Å². The van der Waals surface area contributed by atoms with E-state index in [-0.39, 0.29) is 29.7 Å². The largest absolute Gasteiger partial charge is 0.507 e. The van der Waals surface area contributed by atoms with Crippen LogP contribution in [0.3, 0.4) is 0 Å².